The van der Waals surface area contributed by atoms with Gasteiger partial charge in [0, 0.05) is 37.4 Å². The number of hydrogen-bond acceptors (Lipinski definition) is 6. The van der Waals surface area contributed by atoms with E-state index in [4.69, 9.17) is 14.3 Å². The number of benzene rings is 1. The van der Waals surface area contributed by atoms with Crippen LogP contribution in [0.1, 0.15) is 19.4 Å². The highest BCUT2D eigenvalue weighted by Gasteiger charge is 2.35. The molecular formula is C21H31N3O3. The van der Waals surface area contributed by atoms with Crippen molar-refractivity contribution >= 4 is 11.4 Å². The molecule has 2 saturated heterocycles. The normalized spacial score (nSPS) is 19.8. The second kappa shape index (κ2) is 9.35. The van der Waals surface area contributed by atoms with Crippen molar-refractivity contribution < 1.29 is 14.3 Å². The van der Waals surface area contributed by atoms with E-state index >= 15 is 0 Å². The Morgan fingerprint density at radius 1 is 1.07 bits per heavy atom. The van der Waals surface area contributed by atoms with Gasteiger partial charge in [0.15, 0.2) is 0 Å². The topological polar surface area (TPSA) is 46.5 Å². The third-order valence-corrected chi connectivity index (χ3v) is 5.25. The minimum absolute atomic E-state index is 0.259. The summed E-state index contributed by atoms with van der Waals surface area (Å²) in [5.74, 6) is 0. The average Bonchev–Trinajstić information content (AvgIpc) is 2.73. The van der Waals surface area contributed by atoms with Gasteiger partial charge in [0.05, 0.1) is 32.0 Å². The minimum atomic E-state index is -0.259. The summed E-state index contributed by atoms with van der Waals surface area (Å²) in [6.45, 7) is 15.2. The number of nitrogens with zero attached hydrogens (tertiary/aromatic N) is 3. The number of ether oxygens (including phenoxy) is 2. The van der Waals surface area contributed by atoms with E-state index in [0.29, 0.717) is 6.61 Å². The van der Waals surface area contributed by atoms with E-state index in [0.717, 1.165) is 63.9 Å². The quantitative estimate of drug-likeness (QED) is 0.318. The van der Waals surface area contributed by atoms with Gasteiger partial charge >= 0.3 is 0 Å². The Hall–Kier alpha value is -1.89. The van der Waals surface area contributed by atoms with Crippen LogP contribution in [0, 0.1) is 0 Å². The van der Waals surface area contributed by atoms with Gasteiger partial charge in [0.1, 0.15) is 12.3 Å². The van der Waals surface area contributed by atoms with Gasteiger partial charge in [-0.25, -0.2) is 0 Å². The molecule has 2 aliphatic rings. The molecule has 6 nitrogen and oxygen atoms in total. The molecule has 0 atom stereocenters. The lowest BCUT2D eigenvalue weighted by Gasteiger charge is -2.41. The Morgan fingerprint density at radius 3 is 2.26 bits per heavy atom. The molecule has 27 heavy (non-hydrogen) atoms. The third-order valence-electron chi connectivity index (χ3n) is 5.25. The smallest absolute Gasteiger partial charge is 0.135 e. The molecule has 0 bridgehead atoms. The van der Waals surface area contributed by atoms with Gasteiger partial charge < -0.3 is 19.2 Å². The Kier molecular flexibility index (Phi) is 6.88. The van der Waals surface area contributed by atoms with E-state index in [2.05, 4.69) is 59.6 Å². The molecule has 0 aromatic heterocycles. The van der Waals surface area contributed by atoms with E-state index in [1.165, 1.54) is 5.69 Å². The zero-order valence-electron chi connectivity index (χ0n) is 16.5. The molecule has 0 amide bonds. The Bertz CT molecular complexity index is 631. The lowest BCUT2D eigenvalue weighted by Crippen LogP contribution is -2.54. The highest BCUT2D eigenvalue weighted by Crippen LogP contribution is 2.25. The summed E-state index contributed by atoms with van der Waals surface area (Å²) in [7, 11) is 0. The Morgan fingerprint density at radius 2 is 1.67 bits per heavy atom. The van der Waals surface area contributed by atoms with Gasteiger partial charge in [0.25, 0.3) is 0 Å². The van der Waals surface area contributed by atoms with Crippen LogP contribution in [0.5, 0.6) is 0 Å². The molecular weight excluding hydrogens is 342 g/mol. The molecule has 0 spiro atoms. The lowest BCUT2D eigenvalue weighted by atomic mass is 9.89. The fourth-order valence-corrected chi connectivity index (χ4v) is 3.60. The van der Waals surface area contributed by atoms with E-state index in [-0.39, 0.29) is 5.54 Å². The monoisotopic (exact) mass is 373 g/mol. The first kappa shape index (κ1) is 19.9. The van der Waals surface area contributed by atoms with Crippen LogP contribution >= 0.6 is 0 Å². The van der Waals surface area contributed by atoms with Crippen LogP contribution in [0.15, 0.2) is 42.1 Å². The maximum absolute atomic E-state index is 5.52. The average molecular weight is 373 g/mol. The predicted octanol–water partition coefficient (Wildman–Crippen LogP) is 2.54. The molecule has 0 unspecified atom stereocenters. The van der Waals surface area contributed by atoms with E-state index in [1.807, 2.05) is 0 Å². The fraction of sp³-hybridized carbons (Fsp3) is 0.571. The van der Waals surface area contributed by atoms with Crippen molar-refractivity contribution in [2.24, 2.45) is 5.16 Å². The number of oxime groups is 1. The number of rotatable bonds is 7. The van der Waals surface area contributed by atoms with Crippen molar-refractivity contribution in [1.29, 1.82) is 0 Å². The van der Waals surface area contributed by atoms with E-state index in [1.54, 1.807) is 6.08 Å². The molecule has 1 aromatic rings. The van der Waals surface area contributed by atoms with Crippen LogP contribution in [0.25, 0.3) is 0 Å². The van der Waals surface area contributed by atoms with Gasteiger partial charge in [-0.05, 0) is 26.0 Å². The van der Waals surface area contributed by atoms with Gasteiger partial charge in [-0.2, -0.15) is 0 Å². The zero-order valence-corrected chi connectivity index (χ0v) is 16.5. The molecule has 6 heteroatoms. The van der Waals surface area contributed by atoms with Crippen LogP contribution in [0.4, 0.5) is 5.69 Å². The molecule has 148 valence electrons. The van der Waals surface area contributed by atoms with Gasteiger partial charge in [-0.3, -0.25) is 4.90 Å². The van der Waals surface area contributed by atoms with Crippen molar-refractivity contribution in [3.8, 4) is 0 Å². The molecule has 1 aromatic carbocycles. The van der Waals surface area contributed by atoms with Crippen molar-refractivity contribution in [2.45, 2.75) is 19.4 Å². The maximum atomic E-state index is 5.52. The summed E-state index contributed by atoms with van der Waals surface area (Å²) < 4.78 is 11.0. The summed E-state index contributed by atoms with van der Waals surface area (Å²) in [4.78, 5) is 10.3. The Balaban J connectivity index is 1.83. The van der Waals surface area contributed by atoms with Crippen molar-refractivity contribution in [2.75, 3.05) is 64.1 Å². The first-order valence-corrected chi connectivity index (χ1v) is 9.70. The maximum Gasteiger partial charge on any atom is 0.135 e. The first-order valence-electron chi connectivity index (χ1n) is 9.70. The second-order valence-corrected chi connectivity index (χ2v) is 7.33. The van der Waals surface area contributed by atoms with Crippen LogP contribution in [-0.4, -0.2) is 75.4 Å². The molecule has 2 fully saturated rings. The van der Waals surface area contributed by atoms with Crippen molar-refractivity contribution in [3.63, 3.8) is 0 Å². The second-order valence-electron chi connectivity index (χ2n) is 7.33. The SMILES string of the molecule is C=CCON=C(c1ccc(N2CCOCC2)cc1)C(C)(C)N1CCOCC1. The lowest BCUT2D eigenvalue weighted by molar-refractivity contribution is 0.00902. The zero-order chi connectivity index (χ0) is 19.1. The Labute approximate surface area is 162 Å². The molecule has 2 heterocycles. The molecule has 3 rings (SSSR count). The molecule has 0 saturated carbocycles. The van der Waals surface area contributed by atoms with Crippen molar-refractivity contribution in [3.05, 3.63) is 42.5 Å². The first-order chi connectivity index (χ1) is 13.1. The van der Waals surface area contributed by atoms with E-state index in [9.17, 15) is 0 Å². The van der Waals surface area contributed by atoms with Gasteiger partial charge in [-0.15, -0.1) is 0 Å². The number of hydrogen-bond donors (Lipinski definition) is 0. The number of morpholine rings is 2. The van der Waals surface area contributed by atoms with Crippen LogP contribution < -0.4 is 4.90 Å². The molecule has 0 radical (unpaired) electrons. The summed E-state index contributed by atoms with van der Waals surface area (Å²) >= 11 is 0. The summed E-state index contributed by atoms with van der Waals surface area (Å²) in [5, 5.41) is 4.50. The largest absolute Gasteiger partial charge is 0.391 e. The molecule has 2 aliphatic heterocycles. The fourth-order valence-electron chi connectivity index (χ4n) is 3.60. The van der Waals surface area contributed by atoms with Crippen LogP contribution in [0.2, 0.25) is 0 Å². The summed E-state index contributed by atoms with van der Waals surface area (Å²) in [6.07, 6.45) is 1.71. The van der Waals surface area contributed by atoms with Crippen LogP contribution in [0.3, 0.4) is 0 Å². The minimum Gasteiger partial charge on any atom is -0.391 e. The highest BCUT2D eigenvalue weighted by atomic mass is 16.6. The molecule has 0 N–H and O–H groups in total. The van der Waals surface area contributed by atoms with Crippen molar-refractivity contribution in [1.82, 2.24) is 4.90 Å². The highest BCUT2D eigenvalue weighted by molar-refractivity contribution is 6.06. The summed E-state index contributed by atoms with van der Waals surface area (Å²) in [6, 6.07) is 8.62. The standard InChI is InChI=1S/C21H31N3O3/c1-4-13-27-22-20(21(2,3)24-11-16-26-17-12-24)18-5-7-19(8-6-18)23-9-14-25-15-10-23/h4-8H,1,9-17H2,2-3H3. The summed E-state index contributed by atoms with van der Waals surface area (Å²) in [5.41, 5.74) is 2.97. The van der Waals surface area contributed by atoms with Gasteiger partial charge in [0.2, 0.25) is 0 Å². The third kappa shape index (κ3) is 4.89. The number of anilines is 1. The van der Waals surface area contributed by atoms with E-state index < -0.39 is 0 Å². The predicted molar refractivity (Wildman–Crippen MR) is 109 cm³/mol. The molecule has 0 aliphatic carbocycles. The van der Waals surface area contributed by atoms with Gasteiger partial charge in [-0.1, -0.05) is 29.9 Å². The van der Waals surface area contributed by atoms with Crippen LogP contribution in [-0.2, 0) is 14.3 Å².